The van der Waals surface area contributed by atoms with Crippen molar-refractivity contribution in [2.75, 3.05) is 11.7 Å². The molecule has 1 atom stereocenters. The maximum atomic E-state index is 12.9. The number of hydrogen-bond acceptors (Lipinski definition) is 5. The molecule has 0 unspecified atom stereocenters. The SMILES string of the molecule is C[C@H]1Cc2cc(S(=O)(=O)NCc3ccc4c(c3)OCO4)ccc2N1C(=O)C1CCC1. The minimum Gasteiger partial charge on any atom is -0.454 e. The second-order valence-corrected chi connectivity index (χ2v) is 9.96. The van der Waals surface area contributed by atoms with Gasteiger partial charge in [-0.25, -0.2) is 13.1 Å². The molecule has 1 fully saturated rings. The number of carbonyl (C=O) groups excluding carboxylic acids is 1. The van der Waals surface area contributed by atoms with Crippen LogP contribution in [0.2, 0.25) is 0 Å². The van der Waals surface area contributed by atoms with Crippen LogP contribution in [0.15, 0.2) is 41.3 Å². The molecule has 0 aromatic heterocycles. The highest BCUT2D eigenvalue weighted by molar-refractivity contribution is 7.89. The van der Waals surface area contributed by atoms with Crippen LogP contribution in [-0.4, -0.2) is 27.2 Å². The van der Waals surface area contributed by atoms with Gasteiger partial charge in [0.05, 0.1) is 4.90 Å². The van der Waals surface area contributed by atoms with Crippen molar-refractivity contribution in [2.24, 2.45) is 5.92 Å². The van der Waals surface area contributed by atoms with Gasteiger partial charge in [-0.15, -0.1) is 0 Å². The molecule has 8 heteroatoms. The van der Waals surface area contributed by atoms with Crippen LogP contribution in [0.25, 0.3) is 0 Å². The summed E-state index contributed by atoms with van der Waals surface area (Å²) in [5, 5.41) is 0. The molecule has 2 heterocycles. The van der Waals surface area contributed by atoms with Crippen LogP contribution >= 0.6 is 0 Å². The van der Waals surface area contributed by atoms with Gasteiger partial charge in [-0.2, -0.15) is 0 Å². The Morgan fingerprint density at radius 1 is 1.13 bits per heavy atom. The second kappa shape index (κ2) is 7.28. The standard InChI is InChI=1S/C22H24N2O5S/c1-14-9-17-11-18(6-7-19(17)24(14)22(25)16-3-2-4-16)30(26,27)23-12-15-5-8-20-21(10-15)29-13-28-20/h5-8,10-11,14,16,23H,2-4,9,12-13H2,1H3/t14-/m0/s1. The lowest BCUT2D eigenvalue weighted by Gasteiger charge is -2.32. The minimum atomic E-state index is -3.68. The van der Waals surface area contributed by atoms with Crippen molar-refractivity contribution < 1.29 is 22.7 Å². The molecular weight excluding hydrogens is 404 g/mol. The number of nitrogens with one attached hydrogen (secondary N) is 1. The van der Waals surface area contributed by atoms with Crippen molar-refractivity contribution in [3.63, 3.8) is 0 Å². The Kier molecular flexibility index (Phi) is 4.71. The summed E-state index contributed by atoms with van der Waals surface area (Å²) in [6.07, 6.45) is 3.68. The van der Waals surface area contributed by atoms with Crippen molar-refractivity contribution >= 4 is 21.6 Å². The number of amides is 1. The minimum absolute atomic E-state index is 0.0487. The van der Waals surface area contributed by atoms with E-state index in [4.69, 9.17) is 9.47 Å². The number of sulfonamides is 1. The predicted octanol–water partition coefficient (Wildman–Crippen LogP) is 2.97. The maximum Gasteiger partial charge on any atom is 0.240 e. The molecule has 1 aliphatic carbocycles. The van der Waals surface area contributed by atoms with Gasteiger partial charge in [0.25, 0.3) is 0 Å². The van der Waals surface area contributed by atoms with Crippen molar-refractivity contribution in [3.8, 4) is 11.5 Å². The summed E-state index contributed by atoms with van der Waals surface area (Å²) in [5.41, 5.74) is 2.53. The highest BCUT2D eigenvalue weighted by atomic mass is 32.2. The third kappa shape index (κ3) is 3.33. The summed E-state index contributed by atoms with van der Waals surface area (Å²) in [6.45, 7) is 2.35. The van der Waals surface area contributed by atoms with Crippen LogP contribution in [-0.2, 0) is 27.8 Å². The lowest BCUT2D eigenvalue weighted by molar-refractivity contribution is -0.125. The van der Waals surface area contributed by atoms with Gasteiger partial charge < -0.3 is 14.4 Å². The van der Waals surface area contributed by atoms with Gasteiger partial charge in [-0.05, 0) is 67.6 Å². The van der Waals surface area contributed by atoms with E-state index in [-0.39, 0.29) is 36.1 Å². The summed E-state index contributed by atoms with van der Waals surface area (Å²) in [6, 6.07) is 10.5. The summed E-state index contributed by atoms with van der Waals surface area (Å²) in [5.74, 6) is 1.57. The topological polar surface area (TPSA) is 84.9 Å². The van der Waals surface area contributed by atoms with E-state index < -0.39 is 10.0 Å². The van der Waals surface area contributed by atoms with Gasteiger partial charge in [0.15, 0.2) is 11.5 Å². The fourth-order valence-electron chi connectivity index (χ4n) is 4.27. The van der Waals surface area contributed by atoms with Crippen LogP contribution < -0.4 is 19.1 Å². The molecule has 0 bridgehead atoms. The van der Waals surface area contributed by atoms with Gasteiger partial charge in [0.1, 0.15) is 0 Å². The highest BCUT2D eigenvalue weighted by Gasteiger charge is 2.37. The van der Waals surface area contributed by atoms with E-state index in [2.05, 4.69) is 4.72 Å². The Morgan fingerprint density at radius 3 is 2.70 bits per heavy atom. The number of fused-ring (bicyclic) bond motifs is 2. The summed E-state index contributed by atoms with van der Waals surface area (Å²) in [4.78, 5) is 14.9. The molecule has 0 saturated heterocycles. The fourth-order valence-corrected chi connectivity index (χ4v) is 5.34. The molecule has 2 aliphatic heterocycles. The highest BCUT2D eigenvalue weighted by Crippen LogP contribution is 2.38. The number of nitrogens with zero attached hydrogens (tertiary/aromatic N) is 1. The number of benzene rings is 2. The predicted molar refractivity (Wildman–Crippen MR) is 111 cm³/mol. The number of rotatable bonds is 5. The molecule has 0 radical (unpaired) electrons. The molecule has 7 nitrogen and oxygen atoms in total. The van der Waals surface area contributed by atoms with E-state index >= 15 is 0 Å². The van der Waals surface area contributed by atoms with Crippen molar-refractivity contribution in [1.82, 2.24) is 4.72 Å². The Balaban J connectivity index is 1.33. The first-order chi connectivity index (χ1) is 14.4. The van der Waals surface area contributed by atoms with Crippen LogP contribution in [0.1, 0.15) is 37.3 Å². The summed E-state index contributed by atoms with van der Waals surface area (Å²) < 4.78 is 39.0. The van der Waals surface area contributed by atoms with Crippen LogP contribution in [0.3, 0.4) is 0 Å². The zero-order valence-corrected chi connectivity index (χ0v) is 17.6. The molecular formula is C22H24N2O5S. The Morgan fingerprint density at radius 2 is 1.93 bits per heavy atom. The molecule has 1 N–H and O–H groups in total. The summed E-state index contributed by atoms with van der Waals surface area (Å²) in [7, 11) is -3.68. The van der Waals surface area contributed by atoms with Crippen molar-refractivity contribution in [2.45, 2.75) is 50.1 Å². The number of anilines is 1. The first kappa shape index (κ1) is 19.4. The van der Waals surface area contributed by atoms with Gasteiger partial charge in [0.2, 0.25) is 22.7 Å². The van der Waals surface area contributed by atoms with Crippen molar-refractivity contribution in [3.05, 3.63) is 47.5 Å². The first-order valence-corrected chi connectivity index (χ1v) is 11.7. The van der Waals surface area contributed by atoms with E-state index in [0.717, 1.165) is 36.1 Å². The average Bonchev–Trinajstić information content (AvgIpc) is 3.26. The van der Waals surface area contributed by atoms with E-state index in [0.29, 0.717) is 17.9 Å². The third-order valence-corrected chi connectivity index (χ3v) is 7.57. The Hall–Kier alpha value is -2.58. The Bertz CT molecular complexity index is 1110. The zero-order valence-electron chi connectivity index (χ0n) is 16.8. The molecule has 5 rings (SSSR count). The molecule has 158 valence electrons. The lowest BCUT2D eigenvalue weighted by Crippen LogP contribution is -2.42. The molecule has 30 heavy (non-hydrogen) atoms. The molecule has 0 spiro atoms. The van der Waals surface area contributed by atoms with Crippen LogP contribution in [0.4, 0.5) is 5.69 Å². The quantitative estimate of drug-likeness (QED) is 0.792. The summed E-state index contributed by atoms with van der Waals surface area (Å²) >= 11 is 0. The molecule has 1 amide bonds. The van der Waals surface area contributed by atoms with Gasteiger partial charge in [-0.1, -0.05) is 12.5 Å². The van der Waals surface area contributed by atoms with E-state index in [1.165, 1.54) is 0 Å². The van der Waals surface area contributed by atoms with Crippen LogP contribution in [0.5, 0.6) is 11.5 Å². The van der Waals surface area contributed by atoms with E-state index in [1.807, 2.05) is 17.9 Å². The average molecular weight is 429 g/mol. The van der Waals surface area contributed by atoms with Crippen LogP contribution in [0, 0.1) is 5.92 Å². The molecule has 1 saturated carbocycles. The second-order valence-electron chi connectivity index (χ2n) is 8.19. The van der Waals surface area contributed by atoms with Gasteiger partial charge in [-0.3, -0.25) is 4.79 Å². The number of hydrogen-bond donors (Lipinski definition) is 1. The smallest absolute Gasteiger partial charge is 0.240 e. The zero-order chi connectivity index (χ0) is 20.9. The third-order valence-electron chi connectivity index (χ3n) is 6.17. The van der Waals surface area contributed by atoms with Crippen molar-refractivity contribution in [1.29, 1.82) is 0 Å². The largest absolute Gasteiger partial charge is 0.454 e. The monoisotopic (exact) mass is 428 g/mol. The lowest BCUT2D eigenvalue weighted by atomic mass is 9.84. The van der Waals surface area contributed by atoms with Gasteiger partial charge in [0, 0.05) is 24.2 Å². The van der Waals surface area contributed by atoms with E-state index in [9.17, 15) is 13.2 Å². The molecule has 2 aromatic carbocycles. The normalized spacial score (nSPS) is 20.2. The molecule has 2 aromatic rings. The number of ether oxygens (including phenoxy) is 2. The Labute approximate surface area is 176 Å². The van der Waals surface area contributed by atoms with E-state index in [1.54, 1.807) is 30.3 Å². The van der Waals surface area contributed by atoms with Gasteiger partial charge >= 0.3 is 0 Å². The first-order valence-electron chi connectivity index (χ1n) is 10.3. The molecule has 3 aliphatic rings. The maximum absolute atomic E-state index is 12.9. The number of carbonyl (C=O) groups is 1. The fraction of sp³-hybridized carbons (Fsp3) is 0.409.